The summed E-state index contributed by atoms with van der Waals surface area (Å²) in [6.07, 6.45) is 5.52. The maximum absolute atomic E-state index is 5.68. The normalized spacial score (nSPS) is 12.7. The van der Waals surface area contributed by atoms with Gasteiger partial charge in [0.25, 0.3) is 0 Å². The minimum absolute atomic E-state index is 0.0516. The SMILES string of the molecule is CNC(c1cncc(OC(C)C)c1)c1ccnn1C. The molecule has 2 heterocycles. The molecule has 0 saturated carbocycles. The fraction of sp³-hybridized carbons (Fsp3) is 0.429. The van der Waals surface area contributed by atoms with Crippen LogP contribution >= 0.6 is 0 Å². The Labute approximate surface area is 113 Å². The average molecular weight is 260 g/mol. The van der Waals surface area contributed by atoms with Gasteiger partial charge in [0.15, 0.2) is 0 Å². The number of pyridine rings is 1. The molecule has 2 aromatic rings. The molecule has 0 aromatic carbocycles. The highest BCUT2D eigenvalue weighted by molar-refractivity contribution is 5.31. The van der Waals surface area contributed by atoms with Crippen LogP contribution in [0.25, 0.3) is 0 Å². The van der Waals surface area contributed by atoms with Crippen LogP contribution in [0.3, 0.4) is 0 Å². The number of aromatic nitrogens is 3. The van der Waals surface area contributed by atoms with E-state index in [4.69, 9.17) is 4.74 Å². The third-order valence-corrected chi connectivity index (χ3v) is 2.88. The van der Waals surface area contributed by atoms with Crippen molar-refractivity contribution >= 4 is 0 Å². The van der Waals surface area contributed by atoms with Gasteiger partial charge in [0.1, 0.15) is 5.75 Å². The van der Waals surface area contributed by atoms with Crippen LogP contribution in [0.2, 0.25) is 0 Å². The number of hydrogen-bond donors (Lipinski definition) is 1. The van der Waals surface area contributed by atoms with Crippen molar-refractivity contribution in [1.82, 2.24) is 20.1 Å². The molecule has 0 amide bonds. The van der Waals surface area contributed by atoms with Crippen LogP contribution in [0, 0.1) is 0 Å². The molecule has 5 nitrogen and oxygen atoms in total. The van der Waals surface area contributed by atoms with Gasteiger partial charge >= 0.3 is 0 Å². The molecule has 102 valence electrons. The summed E-state index contributed by atoms with van der Waals surface area (Å²) in [5.74, 6) is 0.787. The summed E-state index contributed by atoms with van der Waals surface area (Å²) in [5, 5.41) is 7.49. The van der Waals surface area contributed by atoms with Crippen LogP contribution in [0.4, 0.5) is 0 Å². The van der Waals surface area contributed by atoms with E-state index < -0.39 is 0 Å². The van der Waals surface area contributed by atoms with E-state index in [-0.39, 0.29) is 12.1 Å². The maximum atomic E-state index is 5.68. The van der Waals surface area contributed by atoms with E-state index >= 15 is 0 Å². The fourth-order valence-corrected chi connectivity index (χ4v) is 2.08. The number of nitrogens with one attached hydrogen (secondary N) is 1. The third-order valence-electron chi connectivity index (χ3n) is 2.88. The molecule has 0 aliphatic rings. The van der Waals surface area contributed by atoms with Gasteiger partial charge in [-0.3, -0.25) is 9.67 Å². The lowest BCUT2D eigenvalue weighted by Gasteiger charge is -2.18. The molecule has 2 aromatic heterocycles. The minimum atomic E-state index is 0.0516. The van der Waals surface area contributed by atoms with Crippen molar-refractivity contribution in [2.75, 3.05) is 7.05 Å². The first-order chi connectivity index (χ1) is 9.11. The Kier molecular flexibility index (Phi) is 4.16. The molecular weight excluding hydrogens is 240 g/mol. The number of ether oxygens (including phenoxy) is 1. The number of rotatable bonds is 5. The van der Waals surface area contributed by atoms with Crippen molar-refractivity contribution in [3.63, 3.8) is 0 Å². The van der Waals surface area contributed by atoms with Crippen molar-refractivity contribution < 1.29 is 4.74 Å². The van der Waals surface area contributed by atoms with Gasteiger partial charge in [0.2, 0.25) is 0 Å². The predicted molar refractivity (Wildman–Crippen MR) is 74.1 cm³/mol. The van der Waals surface area contributed by atoms with Crippen LogP contribution in [-0.4, -0.2) is 27.9 Å². The number of hydrogen-bond acceptors (Lipinski definition) is 4. The van der Waals surface area contributed by atoms with Gasteiger partial charge in [-0.25, -0.2) is 0 Å². The lowest BCUT2D eigenvalue weighted by atomic mass is 10.1. The van der Waals surface area contributed by atoms with Crippen LogP contribution in [0.1, 0.15) is 31.1 Å². The second-order valence-electron chi connectivity index (χ2n) is 4.72. The average Bonchev–Trinajstić information content (AvgIpc) is 2.77. The molecule has 5 heteroatoms. The van der Waals surface area contributed by atoms with E-state index in [0.717, 1.165) is 17.0 Å². The Morgan fingerprint density at radius 3 is 2.68 bits per heavy atom. The van der Waals surface area contributed by atoms with Gasteiger partial charge in [0.05, 0.1) is 24.0 Å². The standard InChI is InChI=1S/C14H20N4O/c1-10(2)19-12-7-11(8-16-9-12)14(15-3)13-5-6-17-18(13)4/h5-10,14-15H,1-4H3. The third kappa shape index (κ3) is 3.12. The van der Waals surface area contributed by atoms with Gasteiger partial charge in [-0.2, -0.15) is 5.10 Å². The van der Waals surface area contributed by atoms with Crippen molar-refractivity contribution in [1.29, 1.82) is 0 Å². The fourth-order valence-electron chi connectivity index (χ4n) is 2.08. The van der Waals surface area contributed by atoms with Crippen LogP contribution < -0.4 is 10.1 Å². The molecule has 0 aliphatic carbocycles. The summed E-state index contributed by atoms with van der Waals surface area (Å²) in [6.45, 7) is 4.01. The molecule has 0 radical (unpaired) electrons. The quantitative estimate of drug-likeness (QED) is 0.892. The smallest absolute Gasteiger partial charge is 0.138 e. The van der Waals surface area contributed by atoms with Crippen molar-refractivity contribution in [2.24, 2.45) is 7.05 Å². The molecule has 0 spiro atoms. The molecule has 1 N–H and O–H groups in total. The van der Waals surface area contributed by atoms with Crippen molar-refractivity contribution in [3.05, 3.63) is 42.0 Å². The van der Waals surface area contributed by atoms with Gasteiger partial charge in [-0.1, -0.05) is 0 Å². The number of aryl methyl sites for hydroxylation is 1. The topological polar surface area (TPSA) is 52.0 Å². The Balaban J connectivity index is 2.31. The Morgan fingerprint density at radius 2 is 2.11 bits per heavy atom. The van der Waals surface area contributed by atoms with Crippen molar-refractivity contribution in [3.8, 4) is 5.75 Å². The van der Waals surface area contributed by atoms with Gasteiger partial charge in [-0.15, -0.1) is 0 Å². The Bertz CT molecular complexity index is 536. The molecule has 0 aliphatic heterocycles. The molecule has 19 heavy (non-hydrogen) atoms. The summed E-state index contributed by atoms with van der Waals surface area (Å²) in [5.41, 5.74) is 2.15. The molecular formula is C14H20N4O. The van der Waals surface area contributed by atoms with E-state index in [9.17, 15) is 0 Å². The van der Waals surface area contributed by atoms with E-state index in [2.05, 4.69) is 15.4 Å². The maximum Gasteiger partial charge on any atom is 0.138 e. The van der Waals surface area contributed by atoms with E-state index in [1.807, 2.05) is 51.0 Å². The van der Waals surface area contributed by atoms with Gasteiger partial charge < -0.3 is 10.1 Å². The van der Waals surface area contributed by atoms with E-state index in [1.165, 1.54) is 0 Å². The first kappa shape index (κ1) is 13.5. The minimum Gasteiger partial charge on any atom is -0.489 e. The summed E-state index contributed by atoms with van der Waals surface area (Å²) >= 11 is 0. The zero-order valence-corrected chi connectivity index (χ0v) is 11.8. The highest BCUT2D eigenvalue weighted by Gasteiger charge is 2.16. The van der Waals surface area contributed by atoms with Crippen LogP contribution in [0.5, 0.6) is 5.75 Å². The van der Waals surface area contributed by atoms with Crippen LogP contribution in [0.15, 0.2) is 30.7 Å². The first-order valence-electron chi connectivity index (χ1n) is 6.38. The lowest BCUT2D eigenvalue weighted by Crippen LogP contribution is -2.21. The second-order valence-corrected chi connectivity index (χ2v) is 4.72. The second kappa shape index (κ2) is 5.84. The summed E-state index contributed by atoms with van der Waals surface area (Å²) in [6, 6.07) is 4.06. The van der Waals surface area contributed by atoms with Crippen LogP contribution in [-0.2, 0) is 7.05 Å². The molecule has 0 saturated heterocycles. The Morgan fingerprint density at radius 1 is 1.32 bits per heavy atom. The lowest BCUT2D eigenvalue weighted by molar-refractivity contribution is 0.241. The summed E-state index contributed by atoms with van der Waals surface area (Å²) in [4.78, 5) is 4.25. The van der Waals surface area contributed by atoms with E-state index in [1.54, 1.807) is 12.4 Å². The molecule has 0 fully saturated rings. The number of nitrogens with zero attached hydrogens (tertiary/aromatic N) is 3. The molecule has 1 atom stereocenters. The summed E-state index contributed by atoms with van der Waals surface area (Å²) in [7, 11) is 3.86. The zero-order valence-electron chi connectivity index (χ0n) is 11.8. The highest BCUT2D eigenvalue weighted by Crippen LogP contribution is 2.23. The zero-order chi connectivity index (χ0) is 13.8. The van der Waals surface area contributed by atoms with E-state index in [0.29, 0.717) is 0 Å². The largest absolute Gasteiger partial charge is 0.489 e. The molecule has 0 bridgehead atoms. The van der Waals surface area contributed by atoms with Gasteiger partial charge in [-0.05, 0) is 38.6 Å². The highest BCUT2D eigenvalue weighted by atomic mass is 16.5. The summed E-state index contributed by atoms with van der Waals surface area (Å²) < 4.78 is 7.54. The Hall–Kier alpha value is -1.88. The van der Waals surface area contributed by atoms with Crippen molar-refractivity contribution in [2.45, 2.75) is 26.0 Å². The van der Waals surface area contributed by atoms with Gasteiger partial charge in [0, 0.05) is 19.4 Å². The first-order valence-corrected chi connectivity index (χ1v) is 6.38. The molecule has 1 unspecified atom stereocenters. The predicted octanol–water partition coefficient (Wildman–Crippen LogP) is 1.91. The monoisotopic (exact) mass is 260 g/mol. The molecule has 2 rings (SSSR count).